The molecule has 0 aliphatic carbocycles. The zero-order valence-corrected chi connectivity index (χ0v) is 13.0. The molecule has 5 nitrogen and oxygen atoms in total. The van der Waals surface area contributed by atoms with Crippen LogP contribution in [0.25, 0.3) is 0 Å². The molecule has 22 heavy (non-hydrogen) atoms. The third-order valence-electron chi connectivity index (χ3n) is 2.78. The summed E-state index contributed by atoms with van der Waals surface area (Å²) in [7, 11) is 3.01. The molecule has 0 aliphatic heterocycles. The Bertz CT molecular complexity index is 660. The summed E-state index contributed by atoms with van der Waals surface area (Å²) in [4.78, 5) is 11.7. The van der Waals surface area contributed by atoms with Gasteiger partial charge in [0, 0.05) is 12.1 Å². The van der Waals surface area contributed by atoms with Gasteiger partial charge in [-0.1, -0.05) is 23.7 Å². The van der Waals surface area contributed by atoms with E-state index in [-0.39, 0.29) is 12.5 Å². The number of benzene rings is 2. The monoisotopic (exact) mass is 321 g/mol. The van der Waals surface area contributed by atoms with Crippen LogP contribution in [0.15, 0.2) is 42.5 Å². The standard InChI is InChI=1S/C16H16ClNO4/c1-20-10-16(19)18-12-9-11(17)7-8-13(12)22-15-6-4-3-5-14(15)21-2/h3-9H,10H2,1-2H3,(H,18,19). The molecule has 2 aromatic rings. The minimum Gasteiger partial charge on any atom is -0.493 e. The molecule has 0 unspecified atom stereocenters. The summed E-state index contributed by atoms with van der Waals surface area (Å²) in [6, 6.07) is 12.2. The van der Waals surface area contributed by atoms with Crippen molar-refractivity contribution in [2.45, 2.75) is 0 Å². The van der Waals surface area contributed by atoms with Crippen molar-refractivity contribution in [2.75, 3.05) is 26.1 Å². The van der Waals surface area contributed by atoms with Gasteiger partial charge in [0.25, 0.3) is 0 Å². The van der Waals surface area contributed by atoms with Gasteiger partial charge in [0.2, 0.25) is 5.91 Å². The molecule has 1 N–H and O–H groups in total. The summed E-state index contributed by atoms with van der Waals surface area (Å²) in [6.45, 7) is -0.0549. The predicted molar refractivity (Wildman–Crippen MR) is 85.0 cm³/mol. The maximum absolute atomic E-state index is 11.7. The van der Waals surface area contributed by atoms with E-state index in [9.17, 15) is 4.79 Å². The SMILES string of the molecule is COCC(=O)Nc1cc(Cl)ccc1Oc1ccccc1OC. The number of rotatable bonds is 6. The van der Waals surface area contributed by atoms with Gasteiger partial charge in [0.15, 0.2) is 17.2 Å². The predicted octanol–water partition coefficient (Wildman–Crippen LogP) is 3.73. The lowest BCUT2D eigenvalue weighted by Crippen LogP contribution is -2.17. The Hall–Kier alpha value is -2.24. The van der Waals surface area contributed by atoms with Crippen molar-refractivity contribution in [1.29, 1.82) is 0 Å². The summed E-state index contributed by atoms with van der Waals surface area (Å²) in [5.41, 5.74) is 0.459. The molecule has 2 aromatic carbocycles. The molecule has 116 valence electrons. The van der Waals surface area contributed by atoms with Crippen molar-refractivity contribution in [2.24, 2.45) is 0 Å². The Morgan fingerprint density at radius 3 is 2.50 bits per heavy atom. The van der Waals surface area contributed by atoms with Crippen molar-refractivity contribution in [1.82, 2.24) is 0 Å². The second-order valence-electron chi connectivity index (χ2n) is 4.37. The van der Waals surface area contributed by atoms with E-state index >= 15 is 0 Å². The van der Waals surface area contributed by atoms with Crippen LogP contribution < -0.4 is 14.8 Å². The minimum atomic E-state index is -0.297. The lowest BCUT2D eigenvalue weighted by Gasteiger charge is -2.14. The molecule has 0 radical (unpaired) electrons. The Balaban J connectivity index is 2.28. The Morgan fingerprint density at radius 2 is 1.82 bits per heavy atom. The number of hydrogen-bond acceptors (Lipinski definition) is 4. The average molecular weight is 322 g/mol. The number of halogens is 1. The first-order valence-electron chi connectivity index (χ1n) is 6.53. The number of nitrogens with one attached hydrogen (secondary N) is 1. The van der Waals surface area contributed by atoms with E-state index in [1.165, 1.54) is 7.11 Å². The zero-order chi connectivity index (χ0) is 15.9. The van der Waals surface area contributed by atoms with Crippen molar-refractivity contribution >= 4 is 23.2 Å². The normalized spacial score (nSPS) is 10.1. The molecule has 0 heterocycles. The maximum atomic E-state index is 11.7. The van der Waals surface area contributed by atoms with Crippen LogP contribution >= 0.6 is 11.6 Å². The molecule has 0 aliphatic rings. The van der Waals surface area contributed by atoms with Crippen LogP contribution in [0.3, 0.4) is 0 Å². The van der Waals surface area contributed by atoms with E-state index < -0.39 is 0 Å². The molecule has 0 fully saturated rings. The first-order chi connectivity index (χ1) is 10.6. The molecule has 0 spiro atoms. The largest absolute Gasteiger partial charge is 0.493 e. The lowest BCUT2D eigenvalue weighted by molar-refractivity contribution is -0.119. The van der Waals surface area contributed by atoms with E-state index in [4.69, 9.17) is 25.8 Å². The molecule has 2 rings (SSSR count). The van der Waals surface area contributed by atoms with Crippen LogP contribution in [0.2, 0.25) is 5.02 Å². The quantitative estimate of drug-likeness (QED) is 0.881. The highest BCUT2D eigenvalue weighted by Crippen LogP contribution is 2.36. The molecule has 0 aromatic heterocycles. The Labute approximate surface area is 133 Å². The van der Waals surface area contributed by atoms with Crippen molar-refractivity contribution < 1.29 is 19.0 Å². The lowest BCUT2D eigenvalue weighted by atomic mass is 10.2. The van der Waals surface area contributed by atoms with Gasteiger partial charge < -0.3 is 19.5 Å². The Kier molecular flexibility index (Phi) is 5.63. The van der Waals surface area contributed by atoms with Crippen molar-refractivity contribution in [3.63, 3.8) is 0 Å². The molecule has 1 amide bonds. The molecular formula is C16H16ClNO4. The number of hydrogen-bond donors (Lipinski definition) is 1. The van der Waals surface area contributed by atoms with Crippen LogP contribution in [0, 0.1) is 0 Å². The smallest absolute Gasteiger partial charge is 0.250 e. The number of methoxy groups -OCH3 is 2. The maximum Gasteiger partial charge on any atom is 0.250 e. The van der Waals surface area contributed by atoms with Gasteiger partial charge in [-0.25, -0.2) is 0 Å². The Morgan fingerprint density at radius 1 is 1.09 bits per heavy atom. The molecule has 0 atom stereocenters. The summed E-state index contributed by atoms with van der Waals surface area (Å²) in [5.74, 6) is 1.29. The fraction of sp³-hybridized carbons (Fsp3) is 0.188. The van der Waals surface area contributed by atoms with E-state index in [1.807, 2.05) is 12.1 Å². The molecule has 0 saturated carbocycles. The van der Waals surface area contributed by atoms with Gasteiger partial charge in [-0.2, -0.15) is 0 Å². The van der Waals surface area contributed by atoms with E-state index in [1.54, 1.807) is 37.4 Å². The number of para-hydroxylation sites is 2. The van der Waals surface area contributed by atoms with Gasteiger partial charge in [-0.15, -0.1) is 0 Å². The van der Waals surface area contributed by atoms with Crippen LogP contribution in [0.4, 0.5) is 5.69 Å². The number of ether oxygens (including phenoxy) is 3. The van der Waals surface area contributed by atoms with Gasteiger partial charge in [0.1, 0.15) is 6.61 Å². The summed E-state index contributed by atoms with van der Waals surface area (Å²) in [6.07, 6.45) is 0. The minimum absolute atomic E-state index is 0.0549. The van der Waals surface area contributed by atoms with Crippen LogP contribution in [-0.4, -0.2) is 26.7 Å². The van der Waals surface area contributed by atoms with E-state index in [0.717, 1.165) is 0 Å². The van der Waals surface area contributed by atoms with E-state index in [0.29, 0.717) is 28.0 Å². The number of carbonyl (C=O) groups excluding carboxylic acids is 1. The second-order valence-corrected chi connectivity index (χ2v) is 4.81. The molecule has 6 heteroatoms. The highest BCUT2D eigenvalue weighted by molar-refractivity contribution is 6.31. The van der Waals surface area contributed by atoms with Crippen LogP contribution in [0.5, 0.6) is 17.2 Å². The summed E-state index contributed by atoms with van der Waals surface area (Å²) < 4.78 is 15.9. The second kappa shape index (κ2) is 7.68. The topological polar surface area (TPSA) is 56.8 Å². The highest BCUT2D eigenvalue weighted by atomic mass is 35.5. The fourth-order valence-electron chi connectivity index (χ4n) is 1.83. The summed E-state index contributed by atoms with van der Waals surface area (Å²) >= 11 is 5.98. The van der Waals surface area contributed by atoms with E-state index in [2.05, 4.69) is 5.32 Å². The van der Waals surface area contributed by atoms with Crippen molar-refractivity contribution in [3.05, 3.63) is 47.5 Å². The van der Waals surface area contributed by atoms with Gasteiger partial charge >= 0.3 is 0 Å². The van der Waals surface area contributed by atoms with Gasteiger partial charge in [-0.3, -0.25) is 4.79 Å². The summed E-state index contributed by atoms with van der Waals surface area (Å²) in [5, 5.41) is 3.18. The third-order valence-corrected chi connectivity index (χ3v) is 3.02. The molecule has 0 saturated heterocycles. The fourth-order valence-corrected chi connectivity index (χ4v) is 2.00. The molecule has 0 bridgehead atoms. The zero-order valence-electron chi connectivity index (χ0n) is 12.3. The number of anilines is 1. The van der Waals surface area contributed by atoms with Gasteiger partial charge in [-0.05, 0) is 30.3 Å². The average Bonchev–Trinajstić information content (AvgIpc) is 2.50. The van der Waals surface area contributed by atoms with Crippen LogP contribution in [-0.2, 0) is 9.53 Å². The van der Waals surface area contributed by atoms with Gasteiger partial charge in [0.05, 0.1) is 12.8 Å². The first-order valence-corrected chi connectivity index (χ1v) is 6.91. The number of amides is 1. The molecular weight excluding hydrogens is 306 g/mol. The number of carbonyl (C=O) groups is 1. The first kappa shape index (κ1) is 16.1. The van der Waals surface area contributed by atoms with Crippen molar-refractivity contribution in [3.8, 4) is 17.2 Å². The highest BCUT2D eigenvalue weighted by Gasteiger charge is 2.11. The third kappa shape index (κ3) is 4.13. The van der Waals surface area contributed by atoms with Crippen LogP contribution in [0.1, 0.15) is 0 Å².